The summed E-state index contributed by atoms with van der Waals surface area (Å²) >= 11 is 0. The smallest absolute Gasteiger partial charge is 0.126 e. The van der Waals surface area contributed by atoms with Crippen molar-refractivity contribution in [2.24, 2.45) is 11.5 Å². The number of allylic oxidation sites excluding steroid dienone is 2. The van der Waals surface area contributed by atoms with Crippen LogP contribution in [0.1, 0.15) is 12.0 Å². The summed E-state index contributed by atoms with van der Waals surface area (Å²) in [6.07, 6.45) is 4.14. The van der Waals surface area contributed by atoms with Gasteiger partial charge in [-0.25, -0.2) is 0 Å². The summed E-state index contributed by atoms with van der Waals surface area (Å²) < 4.78 is 10.8. The monoisotopic (exact) mass is 246 g/mol. The van der Waals surface area contributed by atoms with Crippen LogP contribution in [-0.2, 0) is 4.74 Å². The number of hydrogen-bond donors (Lipinski definition) is 2. The highest BCUT2D eigenvalue weighted by Gasteiger charge is 2.25. The Morgan fingerprint density at radius 2 is 1.83 bits per heavy atom. The Labute approximate surface area is 107 Å². The van der Waals surface area contributed by atoms with Crippen molar-refractivity contribution in [3.05, 3.63) is 47.7 Å². The van der Waals surface area contributed by atoms with E-state index < -0.39 is 5.66 Å². The van der Waals surface area contributed by atoms with E-state index >= 15 is 0 Å². The van der Waals surface area contributed by atoms with Crippen molar-refractivity contribution in [1.82, 2.24) is 0 Å². The molecule has 1 aliphatic rings. The minimum Gasteiger partial charge on any atom is -0.500 e. The van der Waals surface area contributed by atoms with Crippen LogP contribution in [0, 0.1) is 0 Å². The molecule has 0 atom stereocenters. The van der Waals surface area contributed by atoms with E-state index in [1.807, 2.05) is 30.3 Å². The Balaban J connectivity index is 2.49. The summed E-state index contributed by atoms with van der Waals surface area (Å²) in [5, 5.41) is 0. The number of benzene rings is 1. The Morgan fingerprint density at radius 3 is 2.50 bits per heavy atom. The minimum atomic E-state index is -0.850. The van der Waals surface area contributed by atoms with Gasteiger partial charge in [-0.2, -0.15) is 0 Å². The molecular weight excluding hydrogens is 228 g/mol. The van der Waals surface area contributed by atoms with Crippen LogP contribution >= 0.6 is 0 Å². The fraction of sp³-hybridized carbons (Fsp3) is 0.286. The Morgan fingerprint density at radius 1 is 1.11 bits per heavy atom. The number of para-hydroxylation sites is 1. The highest BCUT2D eigenvalue weighted by atomic mass is 16.5. The van der Waals surface area contributed by atoms with Crippen LogP contribution in [0.2, 0.25) is 0 Å². The normalized spacial score (nSPS) is 17.8. The van der Waals surface area contributed by atoms with E-state index in [1.165, 1.54) is 0 Å². The molecule has 0 saturated carbocycles. The van der Waals surface area contributed by atoms with Gasteiger partial charge in [-0.05, 0) is 12.1 Å². The number of hydrogen-bond acceptors (Lipinski definition) is 4. The second-order valence-electron chi connectivity index (χ2n) is 4.36. The predicted molar refractivity (Wildman–Crippen MR) is 71.8 cm³/mol. The second-order valence-corrected chi connectivity index (χ2v) is 4.36. The molecule has 4 heteroatoms. The van der Waals surface area contributed by atoms with E-state index in [0.29, 0.717) is 6.42 Å². The molecular formula is C14H18N2O2. The Bertz CT molecular complexity index is 504. The first kappa shape index (κ1) is 12.7. The zero-order valence-corrected chi connectivity index (χ0v) is 10.6. The van der Waals surface area contributed by atoms with Gasteiger partial charge < -0.3 is 20.9 Å². The highest BCUT2D eigenvalue weighted by molar-refractivity contribution is 5.80. The molecule has 4 N–H and O–H groups in total. The lowest BCUT2D eigenvalue weighted by Crippen LogP contribution is -2.48. The third-order valence-corrected chi connectivity index (χ3v) is 2.97. The SMILES string of the molecule is COC1=C(c2ccccc2OC)C=CC(N)(N)C1. The molecule has 0 heterocycles. The lowest BCUT2D eigenvalue weighted by atomic mass is 9.92. The average molecular weight is 246 g/mol. The van der Waals surface area contributed by atoms with E-state index in [9.17, 15) is 0 Å². The third kappa shape index (κ3) is 2.39. The molecule has 2 rings (SSSR count). The summed E-state index contributed by atoms with van der Waals surface area (Å²) in [6, 6.07) is 7.78. The zero-order valence-electron chi connectivity index (χ0n) is 10.6. The highest BCUT2D eigenvalue weighted by Crippen LogP contribution is 2.34. The maximum absolute atomic E-state index is 5.90. The average Bonchev–Trinajstić information content (AvgIpc) is 2.37. The molecule has 0 spiro atoms. The van der Waals surface area contributed by atoms with Gasteiger partial charge in [0, 0.05) is 17.6 Å². The topological polar surface area (TPSA) is 70.5 Å². The van der Waals surface area contributed by atoms with Crippen LogP contribution in [0.5, 0.6) is 5.75 Å². The van der Waals surface area contributed by atoms with Gasteiger partial charge in [-0.15, -0.1) is 0 Å². The van der Waals surface area contributed by atoms with Crippen molar-refractivity contribution in [1.29, 1.82) is 0 Å². The van der Waals surface area contributed by atoms with Gasteiger partial charge >= 0.3 is 0 Å². The zero-order chi connectivity index (χ0) is 13.2. The molecule has 0 bridgehead atoms. The molecule has 18 heavy (non-hydrogen) atoms. The molecule has 0 aliphatic heterocycles. The maximum Gasteiger partial charge on any atom is 0.126 e. The van der Waals surface area contributed by atoms with Crippen LogP contribution in [0.15, 0.2) is 42.2 Å². The van der Waals surface area contributed by atoms with E-state index in [1.54, 1.807) is 20.3 Å². The minimum absolute atomic E-state index is 0.466. The second kappa shape index (κ2) is 4.84. The summed E-state index contributed by atoms with van der Waals surface area (Å²) in [5.74, 6) is 1.57. The van der Waals surface area contributed by atoms with Gasteiger partial charge in [0.1, 0.15) is 11.5 Å². The fourth-order valence-electron chi connectivity index (χ4n) is 2.05. The van der Waals surface area contributed by atoms with Gasteiger partial charge in [-0.1, -0.05) is 24.3 Å². The van der Waals surface area contributed by atoms with Gasteiger partial charge in [0.15, 0.2) is 0 Å². The summed E-state index contributed by atoms with van der Waals surface area (Å²) in [6.45, 7) is 0. The molecule has 1 aromatic carbocycles. The van der Waals surface area contributed by atoms with Crippen LogP contribution in [-0.4, -0.2) is 19.9 Å². The quantitative estimate of drug-likeness (QED) is 0.795. The third-order valence-electron chi connectivity index (χ3n) is 2.97. The molecule has 0 aromatic heterocycles. The molecule has 96 valence electrons. The van der Waals surface area contributed by atoms with Crippen LogP contribution in [0.3, 0.4) is 0 Å². The largest absolute Gasteiger partial charge is 0.500 e. The van der Waals surface area contributed by atoms with Gasteiger partial charge in [0.25, 0.3) is 0 Å². The van der Waals surface area contributed by atoms with Crippen LogP contribution in [0.25, 0.3) is 5.57 Å². The number of methoxy groups -OCH3 is 2. The molecule has 1 aliphatic carbocycles. The standard InChI is InChI=1S/C14H18N2O2/c1-17-12-6-4-3-5-10(12)11-7-8-14(15,16)9-13(11)18-2/h3-8H,9,15-16H2,1-2H3. The Kier molecular flexibility index (Phi) is 3.41. The van der Waals surface area contributed by atoms with E-state index in [2.05, 4.69) is 0 Å². The molecule has 1 aromatic rings. The van der Waals surface area contributed by atoms with Gasteiger partial charge in [0.2, 0.25) is 0 Å². The van der Waals surface area contributed by atoms with Gasteiger partial charge in [-0.3, -0.25) is 0 Å². The molecule has 0 fully saturated rings. The van der Waals surface area contributed by atoms with Crippen molar-refractivity contribution < 1.29 is 9.47 Å². The van der Waals surface area contributed by atoms with E-state index in [-0.39, 0.29) is 0 Å². The fourth-order valence-corrected chi connectivity index (χ4v) is 2.05. The van der Waals surface area contributed by atoms with Crippen LogP contribution < -0.4 is 16.2 Å². The van der Waals surface area contributed by atoms with E-state index in [4.69, 9.17) is 20.9 Å². The first-order valence-electron chi connectivity index (χ1n) is 5.75. The summed E-state index contributed by atoms with van der Waals surface area (Å²) in [7, 11) is 3.27. The van der Waals surface area contributed by atoms with Crippen molar-refractivity contribution in [3.63, 3.8) is 0 Å². The van der Waals surface area contributed by atoms with E-state index in [0.717, 1.165) is 22.6 Å². The lowest BCUT2D eigenvalue weighted by molar-refractivity contribution is 0.260. The van der Waals surface area contributed by atoms with Crippen molar-refractivity contribution >= 4 is 5.57 Å². The van der Waals surface area contributed by atoms with Crippen molar-refractivity contribution in [2.75, 3.05) is 14.2 Å². The Hall–Kier alpha value is -1.78. The molecule has 0 saturated heterocycles. The maximum atomic E-state index is 5.90. The lowest BCUT2D eigenvalue weighted by Gasteiger charge is -2.27. The number of ether oxygens (including phenoxy) is 2. The first-order valence-corrected chi connectivity index (χ1v) is 5.75. The van der Waals surface area contributed by atoms with Crippen molar-refractivity contribution in [3.8, 4) is 5.75 Å². The first-order chi connectivity index (χ1) is 8.57. The van der Waals surface area contributed by atoms with Gasteiger partial charge in [0.05, 0.1) is 19.9 Å². The predicted octanol–water partition coefficient (Wildman–Crippen LogP) is 1.63. The number of rotatable bonds is 3. The molecule has 0 radical (unpaired) electrons. The summed E-state index contributed by atoms with van der Waals surface area (Å²) in [5.41, 5.74) is 12.9. The van der Waals surface area contributed by atoms with Crippen molar-refractivity contribution in [2.45, 2.75) is 12.1 Å². The molecule has 4 nitrogen and oxygen atoms in total. The number of nitrogens with two attached hydrogens (primary N) is 2. The van der Waals surface area contributed by atoms with Crippen LogP contribution in [0.4, 0.5) is 0 Å². The molecule has 0 amide bonds. The summed E-state index contributed by atoms with van der Waals surface area (Å²) in [4.78, 5) is 0. The molecule has 0 unspecified atom stereocenters.